The Labute approximate surface area is 105 Å². The van der Waals surface area contributed by atoms with E-state index >= 15 is 0 Å². The molecule has 1 fully saturated rings. The van der Waals surface area contributed by atoms with Crippen molar-refractivity contribution < 1.29 is 13.9 Å². The maximum Gasteiger partial charge on any atom is 0.246 e. The third-order valence-electron chi connectivity index (χ3n) is 3.26. The van der Waals surface area contributed by atoms with E-state index in [4.69, 9.17) is 10.6 Å². The second kappa shape index (κ2) is 4.57. The summed E-state index contributed by atoms with van der Waals surface area (Å²) < 4.78 is 18.9. The van der Waals surface area contributed by atoms with Crippen molar-refractivity contribution in [2.24, 2.45) is 5.84 Å². The van der Waals surface area contributed by atoms with Gasteiger partial charge in [0.25, 0.3) is 0 Å². The van der Waals surface area contributed by atoms with Crippen LogP contribution in [-0.4, -0.2) is 24.6 Å². The molecule has 0 heterocycles. The van der Waals surface area contributed by atoms with Crippen LogP contribution in [-0.2, 0) is 10.2 Å². The number of carbonyl (C=O) groups excluding carboxylic acids is 1. The van der Waals surface area contributed by atoms with Crippen LogP contribution in [0, 0.1) is 5.82 Å². The van der Waals surface area contributed by atoms with Gasteiger partial charge in [-0.05, 0) is 37.5 Å². The first-order valence-electron chi connectivity index (χ1n) is 5.97. The Kier molecular flexibility index (Phi) is 3.26. The Balaban J connectivity index is 2.30. The van der Waals surface area contributed by atoms with E-state index < -0.39 is 11.2 Å². The van der Waals surface area contributed by atoms with Crippen molar-refractivity contribution >= 4 is 5.91 Å². The summed E-state index contributed by atoms with van der Waals surface area (Å²) in [7, 11) is 1.51. The number of rotatable bonds is 4. The van der Waals surface area contributed by atoms with Crippen molar-refractivity contribution in [2.45, 2.75) is 25.2 Å². The molecule has 0 radical (unpaired) electrons. The number of amides is 1. The zero-order chi connectivity index (χ0) is 13.3. The van der Waals surface area contributed by atoms with E-state index in [2.05, 4.69) is 0 Å². The molecule has 0 aromatic heterocycles. The van der Waals surface area contributed by atoms with Gasteiger partial charge in [0.1, 0.15) is 0 Å². The summed E-state index contributed by atoms with van der Waals surface area (Å²) in [5, 5.41) is 1.07. The number of benzene rings is 1. The number of hydrogen-bond donors (Lipinski definition) is 1. The fraction of sp³-hybridized carbons (Fsp3) is 0.462. The molecule has 0 aliphatic heterocycles. The monoisotopic (exact) mass is 252 g/mol. The standard InChI is InChI=1S/C13H17FN2O2/c1-3-18-11-5-4-9(8-10(11)14)13(6-7-13)12(17)16(2)15/h4-5,8H,3,6-7,15H2,1-2H3. The molecule has 1 aromatic rings. The molecular formula is C13H17FN2O2. The molecule has 0 bridgehead atoms. The topological polar surface area (TPSA) is 55.6 Å². The predicted octanol–water partition coefficient (Wildman–Crippen LogP) is 1.59. The van der Waals surface area contributed by atoms with Crippen LogP contribution in [0.4, 0.5) is 4.39 Å². The van der Waals surface area contributed by atoms with Crippen molar-refractivity contribution in [3.63, 3.8) is 0 Å². The van der Waals surface area contributed by atoms with Crippen LogP contribution in [0.3, 0.4) is 0 Å². The van der Waals surface area contributed by atoms with E-state index in [1.165, 1.54) is 13.1 Å². The van der Waals surface area contributed by atoms with Gasteiger partial charge in [0.05, 0.1) is 12.0 Å². The Hall–Kier alpha value is -1.62. The summed E-state index contributed by atoms with van der Waals surface area (Å²) >= 11 is 0. The number of carbonyl (C=O) groups is 1. The number of hydrazine groups is 1. The van der Waals surface area contributed by atoms with Gasteiger partial charge in [0.15, 0.2) is 11.6 Å². The molecule has 18 heavy (non-hydrogen) atoms. The molecule has 1 aliphatic carbocycles. The van der Waals surface area contributed by atoms with E-state index in [9.17, 15) is 9.18 Å². The van der Waals surface area contributed by atoms with E-state index in [1.54, 1.807) is 19.1 Å². The van der Waals surface area contributed by atoms with E-state index in [-0.39, 0.29) is 11.7 Å². The normalized spacial score (nSPS) is 16.2. The molecule has 98 valence electrons. The fourth-order valence-electron chi connectivity index (χ4n) is 2.16. The van der Waals surface area contributed by atoms with E-state index in [0.29, 0.717) is 25.0 Å². The van der Waals surface area contributed by atoms with Gasteiger partial charge in [-0.1, -0.05) is 6.07 Å². The smallest absolute Gasteiger partial charge is 0.246 e. The maximum absolute atomic E-state index is 13.8. The van der Waals surface area contributed by atoms with Gasteiger partial charge in [-0.15, -0.1) is 0 Å². The van der Waals surface area contributed by atoms with Gasteiger partial charge in [-0.25, -0.2) is 10.2 Å². The summed E-state index contributed by atoms with van der Waals surface area (Å²) in [5.41, 5.74) is 0.0421. The van der Waals surface area contributed by atoms with Crippen LogP contribution in [0.15, 0.2) is 18.2 Å². The lowest BCUT2D eigenvalue weighted by atomic mass is 9.94. The van der Waals surface area contributed by atoms with Crippen LogP contribution < -0.4 is 10.6 Å². The number of likely N-dealkylation sites (N-methyl/N-ethyl adjacent to an activating group) is 1. The first-order chi connectivity index (χ1) is 8.51. The average Bonchev–Trinajstić information content (AvgIpc) is 3.12. The van der Waals surface area contributed by atoms with Gasteiger partial charge < -0.3 is 4.74 Å². The van der Waals surface area contributed by atoms with Gasteiger partial charge in [0.2, 0.25) is 5.91 Å². The molecule has 2 N–H and O–H groups in total. The number of ether oxygens (including phenoxy) is 1. The van der Waals surface area contributed by atoms with Crippen LogP contribution in [0.25, 0.3) is 0 Å². The Morgan fingerprint density at radius 2 is 2.22 bits per heavy atom. The third kappa shape index (κ3) is 2.06. The number of nitrogens with zero attached hydrogens (tertiary/aromatic N) is 1. The minimum atomic E-state index is -0.630. The Bertz CT molecular complexity index is 470. The highest BCUT2D eigenvalue weighted by Gasteiger charge is 2.52. The number of hydrogen-bond acceptors (Lipinski definition) is 3. The molecule has 1 aliphatic rings. The van der Waals surface area contributed by atoms with E-state index in [0.717, 1.165) is 5.01 Å². The van der Waals surface area contributed by atoms with Crippen molar-refractivity contribution in [3.8, 4) is 5.75 Å². The Morgan fingerprint density at radius 3 is 2.67 bits per heavy atom. The van der Waals surface area contributed by atoms with Gasteiger partial charge >= 0.3 is 0 Å². The molecule has 4 nitrogen and oxygen atoms in total. The molecule has 1 amide bonds. The highest BCUT2D eigenvalue weighted by molar-refractivity contribution is 5.90. The van der Waals surface area contributed by atoms with E-state index in [1.807, 2.05) is 0 Å². The van der Waals surface area contributed by atoms with Crippen molar-refractivity contribution in [3.05, 3.63) is 29.6 Å². The molecule has 2 rings (SSSR count). The lowest BCUT2D eigenvalue weighted by molar-refractivity contribution is -0.132. The highest BCUT2D eigenvalue weighted by atomic mass is 19.1. The Morgan fingerprint density at radius 1 is 1.56 bits per heavy atom. The predicted molar refractivity (Wildman–Crippen MR) is 65.4 cm³/mol. The molecule has 0 spiro atoms. The number of nitrogens with two attached hydrogens (primary N) is 1. The minimum absolute atomic E-state index is 0.175. The van der Waals surface area contributed by atoms with Gasteiger partial charge in [0, 0.05) is 7.05 Å². The first-order valence-corrected chi connectivity index (χ1v) is 5.97. The van der Waals surface area contributed by atoms with Crippen LogP contribution in [0.1, 0.15) is 25.3 Å². The maximum atomic E-state index is 13.8. The zero-order valence-electron chi connectivity index (χ0n) is 10.6. The quantitative estimate of drug-likeness (QED) is 0.503. The van der Waals surface area contributed by atoms with Crippen molar-refractivity contribution in [1.82, 2.24) is 5.01 Å². The molecular weight excluding hydrogens is 235 g/mol. The minimum Gasteiger partial charge on any atom is -0.491 e. The molecule has 1 saturated carbocycles. The second-order valence-corrected chi connectivity index (χ2v) is 4.58. The molecule has 0 saturated heterocycles. The molecule has 1 aromatic carbocycles. The van der Waals surface area contributed by atoms with Crippen molar-refractivity contribution in [2.75, 3.05) is 13.7 Å². The average molecular weight is 252 g/mol. The summed E-state index contributed by atoms with van der Waals surface area (Å²) in [6.45, 7) is 2.20. The van der Waals surface area contributed by atoms with Crippen LogP contribution in [0.2, 0.25) is 0 Å². The second-order valence-electron chi connectivity index (χ2n) is 4.58. The van der Waals surface area contributed by atoms with Crippen LogP contribution >= 0.6 is 0 Å². The molecule has 0 atom stereocenters. The van der Waals surface area contributed by atoms with Crippen molar-refractivity contribution in [1.29, 1.82) is 0 Å². The third-order valence-corrected chi connectivity index (χ3v) is 3.26. The summed E-state index contributed by atoms with van der Waals surface area (Å²) in [6.07, 6.45) is 1.42. The van der Waals surface area contributed by atoms with Gasteiger partial charge in [-0.3, -0.25) is 9.80 Å². The molecule has 0 unspecified atom stereocenters. The first kappa shape index (κ1) is 12.8. The lowest BCUT2D eigenvalue weighted by Crippen LogP contribution is -2.41. The lowest BCUT2D eigenvalue weighted by Gasteiger charge is -2.20. The highest BCUT2D eigenvalue weighted by Crippen LogP contribution is 2.49. The summed E-state index contributed by atoms with van der Waals surface area (Å²) in [6, 6.07) is 4.68. The van der Waals surface area contributed by atoms with Crippen LogP contribution in [0.5, 0.6) is 5.75 Å². The SMILES string of the molecule is CCOc1ccc(C2(C(=O)N(C)N)CC2)cc1F. The number of halogens is 1. The van der Waals surface area contributed by atoms with Gasteiger partial charge in [-0.2, -0.15) is 0 Å². The fourth-order valence-corrected chi connectivity index (χ4v) is 2.16. The zero-order valence-corrected chi connectivity index (χ0v) is 10.6. The largest absolute Gasteiger partial charge is 0.491 e. The summed E-state index contributed by atoms with van der Waals surface area (Å²) in [4.78, 5) is 12.0. The summed E-state index contributed by atoms with van der Waals surface area (Å²) in [5.74, 6) is 5.08. The molecule has 5 heteroatoms.